The summed E-state index contributed by atoms with van der Waals surface area (Å²) in [5, 5.41) is 0. The van der Waals surface area contributed by atoms with E-state index in [-0.39, 0.29) is 16.8 Å². The van der Waals surface area contributed by atoms with Crippen molar-refractivity contribution in [1.29, 1.82) is 0 Å². The van der Waals surface area contributed by atoms with Gasteiger partial charge in [0.1, 0.15) is 6.61 Å². The van der Waals surface area contributed by atoms with Crippen LogP contribution in [0.1, 0.15) is 67.7 Å². The Hall–Kier alpha value is -0.570. The fourth-order valence-corrected chi connectivity index (χ4v) is 2.54. The fraction of sp³-hybridized carbons (Fsp3) is 0.944. The SMILES string of the molecule is CCC(C)(C)CC(C)(C(=O)OCCN(C)C)C(C)(C)CC. The number of hydrogen-bond donors (Lipinski definition) is 0. The van der Waals surface area contributed by atoms with Crippen LogP contribution >= 0.6 is 0 Å². The van der Waals surface area contributed by atoms with Crippen molar-refractivity contribution in [3.8, 4) is 0 Å². The predicted molar refractivity (Wildman–Crippen MR) is 90.4 cm³/mol. The molecule has 0 heterocycles. The van der Waals surface area contributed by atoms with E-state index in [1.807, 2.05) is 19.0 Å². The van der Waals surface area contributed by atoms with E-state index >= 15 is 0 Å². The second-order valence-electron chi connectivity index (χ2n) is 8.20. The van der Waals surface area contributed by atoms with Crippen LogP contribution in [0.15, 0.2) is 0 Å². The van der Waals surface area contributed by atoms with Crippen molar-refractivity contribution < 1.29 is 9.53 Å². The van der Waals surface area contributed by atoms with Gasteiger partial charge in [-0.1, -0.05) is 48.0 Å². The molecule has 0 saturated heterocycles. The average Bonchev–Trinajstić information content (AvgIpc) is 2.37. The van der Waals surface area contributed by atoms with Gasteiger partial charge in [0.25, 0.3) is 0 Å². The molecule has 0 fully saturated rings. The van der Waals surface area contributed by atoms with Crippen LogP contribution in [0.25, 0.3) is 0 Å². The molecule has 0 saturated carbocycles. The largest absolute Gasteiger partial charge is 0.464 e. The smallest absolute Gasteiger partial charge is 0.312 e. The molecular weight excluding hydrogens is 262 g/mol. The molecule has 0 aliphatic heterocycles. The van der Waals surface area contributed by atoms with Crippen molar-refractivity contribution in [3.63, 3.8) is 0 Å². The molecule has 1 unspecified atom stereocenters. The molecule has 3 nitrogen and oxygen atoms in total. The Morgan fingerprint density at radius 1 is 1.00 bits per heavy atom. The predicted octanol–water partition coefficient (Wildman–Crippen LogP) is 4.36. The molecule has 0 aromatic heterocycles. The molecule has 1 atom stereocenters. The van der Waals surface area contributed by atoms with E-state index in [0.717, 1.165) is 25.8 Å². The monoisotopic (exact) mass is 299 g/mol. The highest BCUT2D eigenvalue weighted by Crippen LogP contribution is 2.50. The third-order valence-electron chi connectivity index (χ3n) is 5.39. The van der Waals surface area contributed by atoms with Crippen molar-refractivity contribution in [3.05, 3.63) is 0 Å². The summed E-state index contributed by atoms with van der Waals surface area (Å²) in [6, 6.07) is 0. The zero-order valence-corrected chi connectivity index (χ0v) is 15.8. The van der Waals surface area contributed by atoms with Crippen molar-refractivity contribution in [2.45, 2.75) is 67.7 Å². The van der Waals surface area contributed by atoms with Crippen LogP contribution in [0.3, 0.4) is 0 Å². The summed E-state index contributed by atoms with van der Waals surface area (Å²) >= 11 is 0. The standard InChI is InChI=1S/C18H37NO2/c1-10-16(3,4)14-18(7,17(5,6)11-2)15(20)21-13-12-19(8)9/h10-14H2,1-9H3. The van der Waals surface area contributed by atoms with Gasteiger partial charge in [-0.2, -0.15) is 0 Å². The van der Waals surface area contributed by atoms with E-state index in [4.69, 9.17) is 4.74 Å². The average molecular weight is 299 g/mol. The maximum Gasteiger partial charge on any atom is 0.312 e. The van der Waals surface area contributed by atoms with E-state index in [9.17, 15) is 4.79 Å². The lowest BCUT2D eigenvalue weighted by molar-refractivity contribution is -0.166. The van der Waals surface area contributed by atoms with Crippen molar-refractivity contribution in [2.75, 3.05) is 27.2 Å². The van der Waals surface area contributed by atoms with Crippen LogP contribution in [-0.4, -0.2) is 38.1 Å². The summed E-state index contributed by atoms with van der Waals surface area (Å²) in [6.07, 6.45) is 2.89. The zero-order valence-electron chi connectivity index (χ0n) is 15.8. The van der Waals surface area contributed by atoms with Crippen LogP contribution in [0.2, 0.25) is 0 Å². The van der Waals surface area contributed by atoms with Gasteiger partial charge in [-0.05, 0) is 44.7 Å². The number of likely N-dealkylation sites (N-methyl/N-ethyl adjacent to an activating group) is 1. The second kappa shape index (κ2) is 7.62. The lowest BCUT2D eigenvalue weighted by atomic mass is 9.58. The summed E-state index contributed by atoms with van der Waals surface area (Å²) in [5.41, 5.74) is -0.385. The molecule has 0 N–H and O–H groups in total. The molecule has 21 heavy (non-hydrogen) atoms. The Morgan fingerprint density at radius 2 is 1.52 bits per heavy atom. The van der Waals surface area contributed by atoms with Crippen LogP contribution in [0.5, 0.6) is 0 Å². The molecule has 3 heteroatoms. The minimum Gasteiger partial charge on any atom is -0.464 e. The van der Waals surface area contributed by atoms with E-state index < -0.39 is 5.41 Å². The van der Waals surface area contributed by atoms with E-state index in [2.05, 4.69) is 48.5 Å². The first-order valence-corrected chi connectivity index (χ1v) is 8.24. The molecule has 0 aliphatic rings. The van der Waals surface area contributed by atoms with Crippen LogP contribution in [-0.2, 0) is 9.53 Å². The van der Waals surface area contributed by atoms with Crippen molar-refractivity contribution in [2.24, 2.45) is 16.2 Å². The number of nitrogens with zero attached hydrogens (tertiary/aromatic N) is 1. The maximum atomic E-state index is 12.8. The zero-order chi connectivity index (χ0) is 16.9. The third kappa shape index (κ3) is 5.61. The Kier molecular flexibility index (Phi) is 7.41. The quantitative estimate of drug-likeness (QED) is 0.592. The molecule has 0 aromatic carbocycles. The number of ether oxygens (including phenoxy) is 1. The number of esters is 1. The molecule has 0 aromatic rings. The van der Waals surface area contributed by atoms with Gasteiger partial charge in [0, 0.05) is 6.54 Å². The second-order valence-corrected chi connectivity index (χ2v) is 8.20. The minimum absolute atomic E-state index is 0.0438. The summed E-state index contributed by atoms with van der Waals surface area (Å²) in [7, 11) is 3.98. The normalized spacial score (nSPS) is 15.9. The summed E-state index contributed by atoms with van der Waals surface area (Å²) in [4.78, 5) is 14.8. The van der Waals surface area contributed by atoms with Gasteiger partial charge in [-0.15, -0.1) is 0 Å². The number of carbonyl (C=O) groups excluding carboxylic acids is 1. The van der Waals surface area contributed by atoms with Gasteiger partial charge in [-0.25, -0.2) is 0 Å². The minimum atomic E-state index is -0.451. The van der Waals surface area contributed by atoms with Gasteiger partial charge in [-0.3, -0.25) is 4.79 Å². The lowest BCUT2D eigenvalue weighted by Gasteiger charge is -2.45. The summed E-state index contributed by atoms with van der Waals surface area (Å²) < 4.78 is 5.62. The van der Waals surface area contributed by atoms with Crippen LogP contribution < -0.4 is 0 Å². The highest BCUT2D eigenvalue weighted by atomic mass is 16.5. The molecule has 126 valence electrons. The first-order chi connectivity index (χ1) is 9.42. The van der Waals surface area contributed by atoms with Crippen molar-refractivity contribution >= 4 is 5.97 Å². The van der Waals surface area contributed by atoms with E-state index in [1.165, 1.54) is 0 Å². The highest BCUT2D eigenvalue weighted by Gasteiger charge is 2.49. The highest BCUT2D eigenvalue weighted by molar-refractivity contribution is 5.77. The molecule has 0 amide bonds. The molecule has 0 spiro atoms. The van der Waals surface area contributed by atoms with Gasteiger partial charge in [0.15, 0.2) is 0 Å². The van der Waals surface area contributed by atoms with Gasteiger partial charge in [0.2, 0.25) is 0 Å². The Balaban J connectivity index is 5.18. The molecule has 0 rings (SSSR count). The third-order valence-corrected chi connectivity index (χ3v) is 5.39. The van der Waals surface area contributed by atoms with Gasteiger partial charge in [0.05, 0.1) is 5.41 Å². The first kappa shape index (κ1) is 20.4. The van der Waals surface area contributed by atoms with Gasteiger partial charge >= 0.3 is 5.97 Å². The Labute approximate surface area is 132 Å². The topological polar surface area (TPSA) is 29.5 Å². The molecule has 0 radical (unpaired) electrons. The van der Waals surface area contributed by atoms with E-state index in [0.29, 0.717) is 6.61 Å². The van der Waals surface area contributed by atoms with Gasteiger partial charge < -0.3 is 9.64 Å². The molecule has 0 bridgehead atoms. The van der Waals surface area contributed by atoms with E-state index in [1.54, 1.807) is 0 Å². The lowest BCUT2D eigenvalue weighted by Crippen LogP contribution is -2.46. The number of rotatable bonds is 9. The fourth-order valence-electron chi connectivity index (χ4n) is 2.54. The van der Waals surface area contributed by atoms with Crippen LogP contribution in [0, 0.1) is 16.2 Å². The number of carbonyl (C=O) groups is 1. The van der Waals surface area contributed by atoms with Crippen LogP contribution in [0.4, 0.5) is 0 Å². The molecule has 0 aliphatic carbocycles. The Bertz CT molecular complexity index is 334. The van der Waals surface area contributed by atoms with Crippen molar-refractivity contribution in [1.82, 2.24) is 4.90 Å². The maximum absolute atomic E-state index is 12.8. The first-order valence-electron chi connectivity index (χ1n) is 8.24. The summed E-state index contributed by atoms with van der Waals surface area (Å²) in [5.74, 6) is -0.0438. The Morgan fingerprint density at radius 3 is 1.90 bits per heavy atom. The summed E-state index contributed by atoms with van der Waals surface area (Å²) in [6.45, 7) is 16.5. The number of hydrogen-bond acceptors (Lipinski definition) is 3. The molecular formula is C18H37NO2.